The van der Waals surface area contributed by atoms with Gasteiger partial charge >= 0.3 is 0 Å². The maximum Gasteiger partial charge on any atom is 0.229 e. The van der Waals surface area contributed by atoms with E-state index < -0.39 is 0 Å². The fourth-order valence-corrected chi connectivity index (χ4v) is 5.21. The molecule has 7 heteroatoms. The van der Waals surface area contributed by atoms with Gasteiger partial charge in [0.1, 0.15) is 0 Å². The largest absolute Gasteiger partial charge is 0.385 e. The van der Waals surface area contributed by atoms with Crippen LogP contribution in [0.5, 0.6) is 0 Å². The molecule has 3 aliphatic rings. The predicted molar refractivity (Wildman–Crippen MR) is 108 cm³/mol. The molecule has 7 nitrogen and oxygen atoms in total. The smallest absolute Gasteiger partial charge is 0.229 e. The molecule has 0 N–H and O–H groups in total. The first-order chi connectivity index (χ1) is 14.2. The number of ether oxygens (including phenoxy) is 2. The lowest BCUT2D eigenvalue weighted by Gasteiger charge is -2.41. The third-order valence-electron chi connectivity index (χ3n) is 7.26. The van der Waals surface area contributed by atoms with Crippen molar-refractivity contribution in [1.82, 2.24) is 15.0 Å². The minimum Gasteiger partial charge on any atom is -0.385 e. The number of piperidine rings is 1. The standard InChI is InChI=1S/C22H35N3O4/c1-27-16-11-22(21-23-19(29-24-21)17-7-14-28-15-8-17)9-12-25(13-10-22)20(26)18-5-3-2-4-6-18/h17-18H,2-16H2,1H3. The van der Waals surface area contributed by atoms with Crippen LogP contribution in [0.3, 0.4) is 0 Å². The molecule has 1 aliphatic carbocycles. The van der Waals surface area contributed by atoms with Crippen LogP contribution in [0.2, 0.25) is 0 Å². The van der Waals surface area contributed by atoms with E-state index in [4.69, 9.17) is 19.0 Å². The minimum atomic E-state index is -0.160. The lowest BCUT2D eigenvalue weighted by Crippen LogP contribution is -2.48. The maximum absolute atomic E-state index is 13.0. The number of hydrogen-bond donors (Lipinski definition) is 0. The molecule has 0 radical (unpaired) electrons. The first-order valence-corrected chi connectivity index (χ1v) is 11.4. The summed E-state index contributed by atoms with van der Waals surface area (Å²) >= 11 is 0. The number of carbonyl (C=O) groups is 1. The van der Waals surface area contributed by atoms with Gasteiger partial charge in [0.25, 0.3) is 0 Å². The van der Waals surface area contributed by atoms with Gasteiger partial charge in [-0.15, -0.1) is 0 Å². The first-order valence-electron chi connectivity index (χ1n) is 11.4. The average Bonchev–Trinajstić information content (AvgIpc) is 3.30. The monoisotopic (exact) mass is 405 g/mol. The van der Waals surface area contributed by atoms with Gasteiger partial charge in [0.15, 0.2) is 5.82 Å². The zero-order valence-corrected chi connectivity index (χ0v) is 17.7. The van der Waals surface area contributed by atoms with E-state index in [-0.39, 0.29) is 11.3 Å². The second-order valence-corrected chi connectivity index (χ2v) is 9.03. The van der Waals surface area contributed by atoms with Gasteiger partial charge in [-0.05, 0) is 44.9 Å². The molecule has 162 valence electrons. The Bertz CT molecular complexity index is 657. The van der Waals surface area contributed by atoms with Crippen LogP contribution >= 0.6 is 0 Å². The number of methoxy groups -OCH3 is 1. The van der Waals surface area contributed by atoms with E-state index >= 15 is 0 Å². The quantitative estimate of drug-likeness (QED) is 0.721. The normalized spacial score (nSPS) is 24.0. The Morgan fingerprint density at radius 1 is 1.14 bits per heavy atom. The molecule has 1 aromatic rings. The Balaban J connectivity index is 1.44. The molecule has 0 bridgehead atoms. The molecule has 0 unspecified atom stereocenters. The van der Waals surface area contributed by atoms with E-state index in [1.165, 1.54) is 19.3 Å². The number of aromatic nitrogens is 2. The van der Waals surface area contributed by atoms with Gasteiger partial charge in [0, 0.05) is 57.3 Å². The summed E-state index contributed by atoms with van der Waals surface area (Å²) in [6, 6.07) is 0. The first kappa shape index (κ1) is 20.8. The van der Waals surface area contributed by atoms with Crippen LogP contribution in [0.1, 0.15) is 81.8 Å². The van der Waals surface area contributed by atoms with E-state index in [1.54, 1.807) is 7.11 Å². The summed E-state index contributed by atoms with van der Waals surface area (Å²) in [7, 11) is 1.74. The third kappa shape index (κ3) is 4.66. The van der Waals surface area contributed by atoms with Gasteiger partial charge in [-0.25, -0.2) is 0 Å². The lowest BCUT2D eigenvalue weighted by atomic mass is 9.74. The fraction of sp³-hybridized carbons (Fsp3) is 0.864. The third-order valence-corrected chi connectivity index (χ3v) is 7.26. The Kier molecular flexibility index (Phi) is 6.85. The van der Waals surface area contributed by atoms with Crippen molar-refractivity contribution in [2.24, 2.45) is 5.92 Å². The number of nitrogens with zero attached hydrogens (tertiary/aromatic N) is 3. The molecule has 2 saturated heterocycles. The highest BCUT2D eigenvalue weighted by Gasteiger charge is 2.42. The van der Waals surface area contributed by atoms with Crippen molar-refractivity contribution in [2.45, 2.75) is 75.5 Å². The Hall–Kier alpha value is -1.47. The summed E-state index contributed by atoms with van der Waals surface area (Å²) in [5, 5.41) is 4.41. The average molecular weight is 406 g/mol. The summed E-state index contributed by atoms with van der Waals surface area (Å²) in [6.45, 7) is 3.74. The highest BCUT2D eigenvalue weighted by molar-refractivity contribution is 5.79. The molecular formula is C22H35N3O4. The van der Waals surface area contributed by atoms with Gasteiger partial charge in [0.2, 0.25) is 11.8 Å². The summed E-state index contributed by atoms with van der Waals surface area (Å²) in [4.78, 5) is 19.9. The van der Waals surface area contributed by atoms with E-state index in [1.807, 2.05) is 0 Å². The fourth-order valence-electron chi connectivity index (χ4n) is 5.21. The molecule has 1 amide bonds. The van der Waals surface area contributed by atoms with E-state index in [0.717, 1.165) is 83.0 Å². The molecule has 0 aromatic carbocycles. The van der Waals surface area contributed by atoms with E-state index in [9.17, 15) is 4.79 Å². The molecule has 29 heavy (non-hydrogen) atoms. The van der Waals surface area contributed by atoms with Crippen LogP contribution in [-0.2, 0) is 19.7 Å². The summed E-state index contributed by atoms with van der Waals surface area (Å²) in [5.41, 5.74) is -0.160. The van der Waals surface area contributed by atoms with Crippen LogP contribution in [0.15, 0.2) is 4.52 Å². The topological polar surface area (TPSA) is 77.7 Å². The molecule has 0 spiro atoms. The van der Waals surface area contributed by atoms with Crippen LogP contribution in [0.4, 0.5) is 0 Å². The molecule has 0 atom stereocenters. The molecule has 1 saturated carbocycles. The van der Waals surface area contributed by atoms with Crippen molar-refractivity contribution in [3.8, 4) is 0 Å². The highest BCUT2D eigenvalue weighted by atomic mass is 16.5. The van der Waals surface area contributed by atoms with Crippen LogP contribution in [0, 0.1) is 5.92 Å². The van der Waals surface area contributed by atoms with Crippen molar-refractivity contribution in [3.63, 3.8) is 0 Å². The van der Waals surface area contributed by atoms with Crippen molar-refractivity contribution in [1.29, 1.82) is 0 Å². The molecule has 3 heterocycles. The Labute approximate surface area is 173 Å². The van der Waals surface area contributed by atoms with Gasteiger partial charge < -0.3 is 18.9 Å². The van der Waals surface area contributed by atoms with Gasteiger partial charge in [-0.1, -0.05) is 24.4 Å². The van der Waals surface area contributed by atoms with Gasteiger partial charge in [-0.3, -0.25) is 4.79 Å². The molecular weight excluding hydrogens is 370 g/mol. The molecule has 3 fully saturated rings. The van der Waals surface area contributed by atoms with Gasteiger partial charge in [0.05, 0.1) is 0 Å². The Morgan fingerprint density at radius 2 is 1.86 bits per heavy atom. The summed E-state index contributed by atoms with van der Waals surface area (Å²) in [5.74, 6) is 2.46. The molecule has 1 aromatic heterocycles. The SMILES string of the molecule is COCCC1(c2noc(C3CCOCC3)n2)CCN(C(=O)C2CCCCC2)CC1. The van der Waals surface area contributed by atoms with Crippen LogP contribution < -0.4 is 0 Å². The maximum atomic E-state index is 13.0. The number of likely N-dealkylation sites (tertiary alicyclic amines) is 1. The molecule has 4 rings (SSSR count). The van der Waals surface area contributed by atoms with Crippen LogP contribution in [-0.4, -0.2) is 61.0 Å². The van der Waals surface area contributed by atoms with Crippen molar-refractivity contribution >= 4 is 5.91 Å². The second kappa shape index (κ2) is 9.56. The second-order valence-electron chi connectivity index (χ2n) is 9.03. The number of rotatable bonds is 6. The van der Waals surface area contributed by atoms with Crippen molar-refractivity contribution in [3.05, 3.63) is 11.7 Å². The van der Waals surface area contributed by atoms with E-state index in [2.05, 4.69) is 10.1 Å². The number of carbonyl (C=O) groups excluding carboxylic acids is 1. The number of amides is 1. The zero-order valence-electron chi connectivity index (χ0n) is 17.7. The Morgan fingerprint density at radius 3 is 2.55 bits per heavy atom. The number of hydrogen-bond acceptors (Lipinski definition) is 6. The predicted octanol–water partition coefficient (Wildman–Crippen LogP) is 3.44. The summed E-state index contributed by atoms with van der Waals surface area (Å²) in [6.07, 6.45) is 10.3. The van der Waals surface area contributed by atoms with Crippen molar-refractivity contribution < 1.29 is 18.8 Å². The van der Waals surface area contributed by atoms with E-state index in [0.29, 0.717) is 18.4 Å². The lowest BCUT2D eigenvalue weighted by molar-refractivity contribution is -0.138. The molecule has 2 aliphatic heterocycles. The minimum absolute atomic E-state index is 0.160. The summed E-state index contributed by atoms with van der Waals surface area (Å²) < 4.78 is 16.6. The van der Waals surface area contributed by atoms with Crippen LogP contribution in [0.25, 0.3) is 0 Å². The highest BCUT2D eigenvalue weighted by Crippen LogP contribution is 2.39. The van der Waals surface area contributed by atoms with Gasteiger partial charge in [-0.2, -0.15) is 4.98 Å². The zero-order chi connectivity index (χ0) is 20.1. The van der Waals surface area contributed by atoms with Crippen molar-refractivity contribution in [2.75, 3.05) is 40.0 Å².